The highest BCUT2D eigenvalue weighted by Gasteiger charge is 2.08. The maximum absolute atomic E-state index is 11.6. The van der Waals surface area contributed by atoms with Crippen molar-refractivity contribution in [3.05, 3.63) is 23.2 Å². The number of halogens is 1. The molecule has 0 bridgehead atoms. The molecule has 4 N–H and O–H groups in total. The number of nitrogens with two attached hydrogens (primary N) is 1. The lowest BCUT2D eigenvalue weighted by Crippen LogP contribution is -2.17. The van der Waals surface area contributed by atoms with Crippen LogP contribution in [0.3, 0.4) is 0 Å². The molecule has 1 aromatic carbocycles. The minimum absolute atomic E-state index is 0.0409. The van der Waals surface area contributed by atoms with Gasteiger partial charge in [-0.15, -0.1) is 0 Å². The first kappa shape index (κ1) is 16.4. The van der Waals surface area contributed by atoms with Gasteiger partial charge < -0.3 is 21.1 Å². The van der Waals surface area contributed by atoms with Crippen molar-refractivity contribution in [3.63, 3.8) is 0 Å². The molecular weight excluding hydrogens is 282 g/mol. The van der Waals surface area contributed by atoms with Gasteiger partial charge in [0, 0.05) is 19.2 Å². The fourth-order valence-electron chi connectivity index (χ4n) is 1.50. The molecule has 0 aliphatic carbocycles. The Hall–Kier alpha value is -1.63. The number of anilines is 2. The number of benzene rings is 1. The SMILES string of the molecule is COCC(=O)Nc1ccc(Cl)c(NC(=O)CCCN)c1. The first-order valence-corrected chi connectivity index (χ1v) is 6.53. The molecule has 0 aliphatic rings. The number of ether oxygens (including phenoxy) is 1. The zero-order valence-electron chi connectivity index (χ0n) is 11.2. The van der Waals surface area contributed by atoms with Crippen LogP contribution in [0.4, 0.5) is 11.4 Å². The minimum atomic E-state index is -0.282. The second-order valence-electron chi connectivity index (χ2n) is 4.12. The lowest BCUT2D eigenvalue weighted by molar-refractivity contribution is -0.119. The minimum Gasteiger partial charge on any atom is -0.375 e. The van der Waals surface area contributed by atoms with Gasteiger partial charge in [0.15, 0.2) is 0 Å². The monoisotopic (exact) mass is 299 g/mol. The second kappa shape index (κ2) is 8.52. The van der Waals surface area contributed by atoms with Gasteiger partial charge in [0.25, 0.3) is 0 Å². The Balaban J connectivity index is 2.71. The Morgan fingerprint density at radius 1 is 1.30 bits per heavy atom. The summed E-state index contributed by atoms with van der Waals surface area (Å²) in [7, 11) is 1.44. The third kappa shape index (κ3) is 5.56. The van der Waals surface area contributed by atoms with Crippen molar-refractivity contribution in [2.75, 3.05) is 30.9 Å². The van der Waals surface area contributed by atoms with Gasteiger partial charge in [0.2, 0.25) is 11.8 Å². The second-order valence-corrected chi connectivity index (χ2v) is 4.52. The Bertz CT molecular complexity index is 480. The molecule has 20 heavy (non-hydrogen) atoms. The van der Waals surface area contributed by atoms with Crippen molar-refractivity contribution in [1.82, 2.24) is 0 Å². The Labute approximate surface area is 122 Å². The van der Waals surface area contributed by atoms with Crippen LogP contribution >= 0.6 is 11.6 Å². The first-order chi connectivity index (χ1) is 9.56. The molecule has 110 valence electrons. The molecular formula is C13H18ClN3O3. The van der Waals surface area contributed by atoms with Crippen LogP contribution in [-0.4, -0.2) is 32.1 Å². The van der Waals surface area contributed by atoms with E-state index in [0.717, 1.165) is 0 Å². The fraction of sp³-hybridized carbons (Fsp3) is 0.385. The summed E-state index contributed by atoms with van der Waals surface area (Å²) in [6, 6.07) is 4.84. The number of methoxy groups -OCH3 is 1. The zero-order valence-corrected chi connectivity index (χ0v) is 12.0. The van der Waals surface area contributed by atoms with Crippen molar-refractivity contribution >= 4 is 34.8 Å². The third-order valence-corrected chi connectivity index (χ3v) is 2.74. The van der Waals surface area contributed by atoms with Gasteiger partial charge in [0.05, 0.1) is 10.7 Å². The van der Waals surface area contributed by atoms with Gasteiger partial charge in [-0.3, -0.25) is 9.59 Å². The number of nitrogens with one attached hydrogen (secondary N) is 2. The summed E-state index contributed by atoms with van der Waals surface area (Å²) in [5.74, 6) is -0.451. The van der Waals surface area contributed by atoms with Crippen LogP contribution in [0.15, 0.2) is 18.2 Å². The summed E-state index contributed by atoms with van der Waals surface area (Å²) in [5, 5.41) is 5.71. The van der Waals surface area contributed by atoms with Crippen molar-refractivity contribution < 1.29 is 14.3 Å². The van der Waals surface area contributed by atoms with E-state index in [9.17, 15) is 9.59 Å². The van der Waals surface area contributed by atoms with Crippen molar-refractivity contribution in [2.45, 2.75) is 12.8 Å². The average molecular weight is 300 g/mol. The summed E-state index contributed by atoms with van der Waals surface area (Å²) < 4.78 is 4.72. The summed E-state index contributed by atoms with van der Waals surface area (Å²) in [6.07, 6.45) is 0.931. The van der Waals surface area contributed by atoms with Crippen LogP contribution in [-0.2, 0) is 14.3 Å². The van der Waals surface area contributed by atoms with Crippen LogP contribution in [0.25, 0.3) is 0 Å². The number of carbonyl (C=O) groups is 2. The van der Waals surface area contributed by atoms with E-state index < -0.39 is 0 Å². The summed E-state index contributed by atoms with van der Waals surface area (Å²) in [6.45, 7) is 0.412. The van der Waals surface area contributed by atoms with E-state index in [1.165, 1.54) is 7.11 Å². The van der Waals surface area contributed by atoms with Crippen LogP contribution in [0.5, 0.6) is 0 Å². The molecule has 0 aliphatic heterocycles. The van der Waals surface area contributed by atoms with Crippen molar-refractivity contribution in [1.29, 1.82) is 0 Å². The predicted molar refractivity (Wildman–Crippen MR) is 78.9 cm³/mol. The van der Waals surface area contributed by atoms with Crippen molar-refractivity contribution in [3.8, 4) is 0 Å². The third-order valence-electron chi connectivity index (χ3n) is 2.41. The molecule has 0 aromatic heterocycles. The molecule has 0 saturated carbocycles. The van der Waals surface area contributed by atoms with E-state index in [1.54, 1.807) is 18.2 Å². The molecule has 0 spiro atoms. The maximum atomic E-state index is 11.6. The summed E-state index contributed by atoms with van der Waals surface area (Å²) in [5.41, 5.74) is 6.32. The normalized spacial score (nSPS) is 10.2. The maximum Gasteiger partial charge on any atom is 0.250 e. The number of carbonyl (C=O) groups excluding carboxylic acids is 2. The largest absolute Gasteiger partial charge is 0.375 e. The van der Waals surface area contributed by atoms with E-state index in [1.807, 2.05) is 0 Å². The van der Waals surface area contributed by atoms with E-state index in [4.69, 9.17) is 22.1 Å². The zero-order chi connectivity index (χ0) is 15.0. The van der Waals surface area contributed by atoms with Gasteiger partial charge in [0.1, 0.15) is 6.61 Å². The van der Waals surface area contributed by atoms with Crippen LogP contribution < -0.4 is 16.4 Å². The molecule has 0 atom stereocenters. The lowest BCUT2D eigenvalue weighted by atomic mass is 10.2. The highest BCUT2D eigenvalue weighted by Crippen LogP contribution is 2.25. The highest BCUT2D eigenvalue weighted by atomic mass is 35.5. The standard InChI is InChI=1S/C13H18ClN3O3/c1-20-8-13(19)16-9-4-5-10(14)11(7-9)17-12(18)3-2-6-15/h4-5,7H,2-3,6,8,15H2,1H3,(H,16,19)(H,17,18). The van der Waals surface area contributed by atoms with Gasteiger partial charge in [-0.1, -0.05) is 11.6 Å². The molecule has 2 amide bonds. The Kier molecular flexibility index (Phi) is 7.00. The van der Waals surface area contributed by atoms with Crippen LogP contribution in [0.1, 0.15) is 12.8 Å². The molecule has 0 heterocycles. The summed E-state index contributed by atoms with van der Waals surface area (Å²) in [4.78, 5) is 23.0. The first-order valence-electron chi connectivity index (χ1n) is 6.15. The Morgan fingerprint density at radius 3 is 2.70 bits per heavy atom. The molecule has 0 radical (unpaired) electrons. The smallest absolute Gasteiger partial charge is 0.250 e. The molecule has 6 nitrogen and oxygen atoms in total. The van der Waals surface area contributed by atoms with Crippen LogP contribution in [0.2, 0.25) is 5.02 Å². The predicted octanol–water partition coefficient (Wildman–Crippen LogP) is 1.60. The molecule has 1 rings (SSSR count). The quantitative estimate of drug-likeness (QED) is 0.713. The van der Waals surface area contributed by atoms with Gasteiger partial charge >= 0.3 is 0 Å². The van der Waals surface area contributed by atoms with E-state index >= 15 is 0 Å². The molecule has 1 aromatic rings. The van der Waals surface area contributed by atoms with E-state index in [-0.39, 0.29) is 18.4 Å². The van der Waals surface area contributed by atoms with Gasteiger partial charge in [-0.25, -0.2) is 0 Å². The topological polar surface area (TPSA) is 93.5 Å². The molecule has 7 heteroatoms. The number of rotatable bonds is 7. The molecule has 0 unspecified atom stereocenters. The number of hydrogen-bond acceptors (Lipinski definition) is 4. The van der Waals surface area contributed by atoms with Crippen molar-refractivity contribution in [2.24, 2.45) is 5.73 Å². The lowest BCUT2D eigenvalue weighted by Gasteiger charge is -2.10. The highest BCUT2D eigenvalue weighted by molar-refractivity contribution is 6.33. The van der Waals surface area contributed by atoms with Gasteiger partial charge in [-0.2, -0.15) is 0 Å². The molecule has 0 fully saturated rings. The number of amides is 2. The average Bonchev–Trinajstić information content (AvgIpc) is 2.40. The van der Waals surface area contributed by atoms with E-state index in [0.29, 0.717) is 35.8 Å². The number of hydrogen-bond donors (Lipinski definition) is 3. The van der Waals surface area contributed by atoms with Gasteiger partial charge in [-0.05, 0) is 31.2 Å². The molecule has 0 saturated heterocycles. The van der Waals surface area contributed by atoms with E-state index in [2.05, 4.69) is 10.6 Å². The summed E-state index contributed by atoms with van der Waals surface area (Å²) >= 11 is 6.00. The van der Waals surface area contributed by atoms with Crippen LogP contribution in [0, 0.1) is 0 Å². The fourth-order valence-corrected chi connectivity index (χ4v) is 1.67. The Morgan fingerprint density at radius 2 is 2.05 bits per heavy atom.